The molecule has 2 aromatic rings. The fourth-order valence-electron chi connectivity index (χ4n) is 2.27. The Kier molecular flexibility index (Phi) is 3.77. The average molecular weight is 245 g/mol. The molecule has 0 saturated heterocycles. The van der Waals surface area contributed by atoms with Gasteiger partial charge in [0.25, 0.3) is 0 Å². The summed E-state index contributed by atoms with van der Waals surface area (Å²) < 4.78 is 1.83. The third-order valence-corrected chi connectivity index (χ3v) is 3.11. The molecule has 4 nitrogen and oxygen atoms in total. The van der Waals surface area contributed by atoms with Crippen molar-refractivity contribution in [1.29, 1.82) is 0 Å². The maximum Gasteiger partial charge on any atom is 0.0850 e. The Balaban J connectivity index is 2.22. The van der Waals surface area contributed by atoms with E-state index in [0.717, 1.165) is 12.2 Å². The van der Waals surface area contributed by atoms with Crippen LogP contribution in [0.25, 0.3) is 0 Å². The molecule has 0 saturated carbocycles. The van der Waals surface area contributed by atoms with Gasteiger partial charge < -0.3 is 5.11 Å². The largest absolute Gasteiger partial charge is 0.396 e. The van der Waals surface area contributed by atoms with Gasteiger partial charge in [0.05, 0.1) is 12.2 Å². The van der Waals surface area contributed by atoms with Crippen molar-refractivity contribution in [3.8, 4) is 0 Å². The maximum absolute atomic E-state index is 8.86. The minimum Gasteiger partial charge on any atom is -0.396 e. The molecule has 0 aliphatic rings. The Morgan fingerprint density at radius 2 is 1.83 bits per heavy atom. The molecular formula is C14H19N3O. The van der Waals surface area contributed by atoms with Gasteiger partial charge in [-0.1, -0.05) is 22.9 Å². The van der Waals surface area contributed by atoms with Gasteiger partial charge in [0.1, 0.15) is 0 Å². The lowest BCUT2D eigenvalue weighted by molar-refractivity contribution is 0.298. The van der Waals surface area contributed by atoms with E-state index < -0.39 is 0 Å². The lowest BCUT2D eigenvalue weighted by Gasteiger charge is -2.10. The number of aromatic nitrogens is 3. The highest BCUT2D eigenvalue weighted by Gasteiger charge is 2.06. The highest BCUT2D eigenvalue weighted by molar-refractivity contribution is 5.37. The second-order valence-electron chi connectivity index (χ2n) is 4.76. The number of rotatable bonds is 4. The Morgan fingerprint density at radius 3 is 2.44 bits per heavy atom. The van der Waals surface area contributed by atoms with Crippen molar-refractivity contribution < 1.29 is 5.11 Å². The summed E-state index contributed by atoms with van der Waals surface area (Å²) in [5.74, 6) is 0. The van der Waals surface area contributed by atoms with E-state index in [2.05, 4.69) is 43.2 Å². The first-order valence-electron chi connectivity index (χ1n) is 6.16. The number of aliphatic hydroxyl groups excluding tert-OH is 1. The van der Waals surface area contributed by atoms with Crippen LogP contribution in [-0.4, -0.2) is 26.7 Å². The summed E-state index contributed by atoms with van der Waals surface area (Å²) in [4.78, 5) is 0. The molecule has 0 unspecified atom stereocenters. The first-order chi connectivity index (χ1) is 8.60. The maximum atomic E-state index is 8.86. The van der Waals surface area contributed by atoms with E-state index >= 15 is 0 Å². The lowest BCUT2D eigenvalue weighted by atomic mass is 10.00. The molecule has 0 fully saturated rings. The zero-order valence-electron chi connectivity index (χ0n) is 11.1. The molecule has 0 bridgehead atoms. The number of hydrogen-bond acceptors (Lipinski definition) is 3. The molecule has 2 rings (SSSR count). The van der Waals surface area contributed by atoms with Gasteiger partial charge in [-0.3, -0.25) is 0 Å². The average Bonchev–Trinajstić information content (AvgIpc) is 2.72. The van der Waals surface area contributed by atoms with Gasteiger partial charge in [0, 0.05) is 19.2 Å². The minimum atomic E-state index is 0.112. The Hall–Kier alpha value is -1.68. The van der Waals surface area contributed by atoms with Gasteiger partial charge >= 0.3 is 0 Å². The van der Waals surface area contributed by atoms with Crippen molar-refractivity contribution >= 4 is 0 Å². The van der Waals surface area contributed by atoms with Gasteiger partial charge in [-0.25, -0.2) is 4.68 Å². The molecule has 4 heteroatoms. The van der Waals surface area contributed by atoms with E-state index in [4.69, 9.17) is 5.11 Å². The third-order valence-electron chi connectivity index (χ3n) is 3.11. The second kappa shape index (κ2) is 5.31. The fourth-order valence-corrected chi connectivity index (χ4v) is 2.27. The normalized spacial score (nSPS) is 10.9. The molecule has 1 N–H and O–H groups in total. The van der Waals surface area contributed by atoms with Gasteiger partial charge in [0.15, 0.2) is 0 Å². The van der Waals surface area contributed by atoms with Gasteiger partial charge in [-0.05, 0) is 37.5 Å². The third kappa shape index (κ3) is 2.76. The summed E-state index contributed by atoms with van der Waals surface area (Å²) >= 11 is 0. The van der Waals surface area contributed by atoms with Gasteiger partial charge in [-0.2, -0.15) is 0 Å². The molecule has 0 aliphatic carbocycles. The van der Waals surface area contributed by atoms with Gasteiger partial charge in [-0.15, -0.1) is 5.10 Å². The molecule has 0 aliphatic heterocycles. The number of benzene rings is 1. The van der Waals surface area contributed by atoms with Crippen LogP contribution in [0.1, 0.15) is 27.9 Å². The molecule has 0 radical (unpaired) electrons. The molecular weight excluding hydrogens is 226 g/mol. The van der Waals surface area contributed by atoms with Crippen LogP contribution in [0.15, 0.2) is 18.3 Å². The van der Waals surface area contributed by atoms with Gasteiger partial charge in [0.2, 0.25) is 0 Å². The SMILES string of the molecule is Cc1cc(C)c(Cn2cc(CCO)nn2)c(C)c1. The van der Waals surface area contributed by atoms with Crippen LogP contribution in [0.3, 0.4) is 0 Å². The minimum absolute atomic E-state index is 0.112. The van der Waals surface area contributed by atoms with E-state index in [-0.39, 0.29) is 6.61 Å². The molecule has 0 spiro atoms. The first kappa shape index (κ1) is 12.8. The first-order valence-corrected chi connectivity index (χ1v) is 6.16. The van der Waals surface area contributed by atoms with Crippen molar-refractivity contribution in [3.63, 3.8) is 0 Å². The lowest BCUT2D eigenvalue weighted by Crippen LogP contribution is -2.05. The topological polar surface area (TPSA) is 50.9 Å². The Labute approximate surface area is 107 Å². The summed E-state index contributed by atoms with van der Waals surface area (Å²) in [6.45, 7) is 7.21. The molecule has 1 aromatic heterocycles. The molecule has 1 aromatic carbocycles. The number of aryl methyl sites for hydroxylation is 3. The summed E-state index contributed by atoms with van der Waals surface area (Å²) in [5, 5.41) is 17.0. The van der Waals surface area contributed by atoms with Crippen molar-refractivity contribution in [3.05, 3.63) is 46.3 Å². The zero-order valence-corrected chi connectivity index (χ0v) is 11.1. The fraction of sp³-hybridized carbons (Fsp3) is 0.429. The highest BCUT2D eigenvalue weighted by Crippen LogP contribution is 2.17. The zero-order chi connectivity index (χ0) is 13.1. The van der Waals surface area contributed by atoms with Crippen LogP contribution < -0.4 is 0 Å². The van der Waals surface area contributed by atoms with Crippen molar-refractivity contribution in [2.24, 2.45) is 0 Å². The van der Waals surface area contributed by atoms with Crippen LogP contribution in [0.4, 0.5) is 0 Å². The quantitative estimate of drug-likeness (QED) is 0.893. The molecule has 18 heavy (non-hydrogen) atoms. The second-order valence-corrected chi connectivity index (χ2v) is 4.76. The summed E-state index contributed by atoms with van der Waals surface area (Å²) in [6.07, 6.45) is 2.46. The van der Waals surface area contributed by atoms with E-state index in [0.29, 0.717) is 6.42 Å². The van der Waals surface area contributed by atoms with Crippen LogP contribution in [-0.2, 0) is 13.0 Å². The number of hydrogen-bond donors (Lipinski definition) is 1. The van der Waals surface area contributed by atoms with Crippen LogP contribution in [0, 0.1) is 20.8 Å². The monoisotopic (exact) mass is 245 g/mol. The standard InChI is InChI=1S/C14H19N3O/c1-10-6-11(2)14(12(3)7-10)9-17-8-13(4-5-18)15-16-17/h6-8,18H,4-5,9H2,1-3H3. The predicted octanol–water partition coefficient (Wildman–Crippen LogP) is 1.79. The summed E-state index contributed by atoms with van der Waals surface area (Å²) in [5.41, 5.74) is 5.98. The van der Waals surface area contributed by atoms with Crippen molar-refractivity contribution in [2.45, 2.75) is 33.7 Å². The molecule has 0 amide bonds. The Bertz CT molecular complexity index is 523. The molecule has 96 valence electrons. The van der Waals surface area contributed by atoms with E-state index in [1.54, 1.807) is 0 Å². The van der Waals surface area contributed by atoms with E-state index in [1.807, 2.05) is 10.9 Å². The van der Waals surface area contributed by atoms with Crippen LogP contribution in [0.2, 0.25) is 0 Å². The van der Waals surface area contributed by atoms with Crippen LogP contribution in [0.5, 0.6) is 0 Å². The molecule has 1 heterocycles. The smallest absolute Gasteiger partial charge is 0.0850 e. The van der Waals surface area contributed by atoms with Crippen molar-refractivity contribution in [2.75, 3.05) is 6.61 Å². The van der Waals surface area contributed by atoms with E-state index in [1.165, 1.54) is 22.3 Å². The highest BCUT2D eigenvalue weighted by atomic mass is 16.3. The molecule has 0 atom stereocenters. The summed E-state index contributed by atoms with van der Waals surface area (Å²) in [7, 11) is 0. The van der Waals surface area contributed by atoms with Crippen molar-refractivity contribution in [1.82, 2.24) is 15.0 Å². The number of nitrogens with zero attached hydrogens (tertiary/aromatic N) is 3. The Morgan fingerprint density at radius 1 is 1.17 bits per heavy atom. The van der Waals surface area contributed by atoms with E-state index in [9.17, 15) is 0 Å². The number of aliphatic hydroxyl groups is 1. The predicted molar refractivity (Wildman–Crippen MR) is 70.6 cm³/mol. The van der Waals surface area contributed by atoms with Crippen LogP contribution >= 0.6 is 0 Å². The summed E-state index contributed by atoms with van der Waals surface area (Å²) in [6, 6.07) is 4.38.